The van der Waals surface area contributed by atoms with E-state index in [1.807, 2.05) is 0 Å². The molecule has 7 nitrogen and oxygen atoms in total. The third kappa shape index (κ3) is 3.29. The average Bonchev–Trinajstić information content (AvgIpc) is 2.63. The monoisotopic (exact) mass is 295 g/mol. The van der Waals surface area contributed by atoms with Crippen LogP contribution in [0.5, 0.6) is 0 Å². The summed E-state index contributed by atoms with van der Waals surface area (Å²) < 4.78 is 10.4. The number of esters is 2. The zero-order valence-electron chi connectivity index (χ0n) is 11.7. The summed E-state index contributed by atoms with van der Waals surface area (Å²) in [5, 5.41) is 2.37. The number of hydrogen-bond acceptors (Lipinski definition) is 6. The van der Waals surface area contributed by atoms with Gasteiger partial charge in [0.15, 0.2) is 0 Å². The molecule has 1 heterocycles. The van der Waals surface area contributed by atoms with Crippen molar-refractivity contribution in [1.82, 2.24) is 5.32 Å². The number of nitrogens with one attached hydrogen (secondary N) is 1. The van der Waals surface area contributed by atoms with E-state index in [0.717, 1.165) is 6.29 Å². The summed E-state index contributed by atoms with van der Waals surface area (Å²) in [4.78, 5) is 45.4. The molecule has 0 spiro atoms. The average molecular weight is 295 g/mol. The molecule has 2 bridgehead atoms. The van der Waals surface area contributed by atoms with Crippen molar-refractivity contribution >= 4 is 24.1 Å². The second kappa shape index (κ2) is 6.07. The van der Waals surface area contributed by atoms with Gasteiger partial charge in [0.25, 0.3) is 0 Å². The Kier molecular flexibility index (Phi) is 4.40. The lowest BCUT2D eigenvalue weighted by atomic mass is 9.99. The van der Waals surface area contributed by atoms with Gasteiger partial charge in [0, 0.05) is 11.5 Å². The predicted octanol–water partition coefficient (Wildman–Crippen LogP) is -0.259. The lowest BCUT2D eigenvalue weighted by Crippen LogP contribution is -2.43. The highest BCUT2D eigenvalue weighted by molar-refractivity contribution is 5.94. The minimum absolute atomic E-state index is 0.136. The normalized spacial score (nSPS) is 30.2. The quantitative estimate of drug-likeness (QED) is 0.426. The van der Waals surface area contributed by atoms with Gasteiger partial charge in [-0.3, -0.25) is 14.4 Å². The summed E-state index contributed by atoms with van der Waals surface area (Å²) in [5.74, 6) is -2.08. The smallest absolute Gasteiger partial charge is 0.325 e. The molecule has 0 radical (unpaired) electrons. The van der Waals surface area contributed by atoms with E-state index < -0.39 is 30.0 Å². The van der Waals surface area contributed by atoms with Gasteiger partial charge in [-0.2, -0.15) is 0 Å². The molecule has 4 unspecified atom stereocenters. The molecule has 114 valence electrons. The second-order valence-corrected chi connectivity index (χ2v) is 5.37. The van der Waals surface area contributed by atoms with E-state index in [0.29, 0.717) is 6.42 Å². The molecule has 4 atom stereocenters. The van der Waals surface area contributed by atoms with E-state index in [1.54, 1.807) is 0 Å². The van der Waals surface area contributed by atoms with E-state index >= 15 is 0 Å². The van der Waals surface area contributed by atoms with Crippen molar-refractivity contribution in [2.75, 3.05) is 6.54 Å². The van der Waals surface area contributed by atoms with Crippen LogP contribution in [0, 0.1) is 11.8 Å². The summed E-state index contributed by atoms with van der Waals surface area (Å²) >= 11 is 0. The van der Waals surface area contributed by atoms with Crippen LogP contribution in [0.3, 0.4) is 0 Å². The molecule has 2 aliphatic rings. The second-order valence-electron chi connectivity index (χ2n) is 5.37. The van der Waals surface area contributed by atoms with Gasteiger partial charge in [-0.15, -0.1) is 0 Å². The summed E-state index contributed by atoms with van der Waals surface area (Å²) in [7, 11) is 0. The summed E-state index contributed by atoms with van der Waals surface area (Å²) in [5.41, 5.74) is 0.287. The van der Waals surface area contributed by atoms with Crippen molar-refractivity contribution in [1.29, 1.82) is 0 Å². The first kappa shape index (κ1) is 15.2. The number of hydrogen-bond donors (Lipinski definition) is 1. The first-order chi connectivity index (χ1) is 9.92. The Bertz CT molecular complexity index is 500. The van der Waals surface area contributed by atoms with Gasteiger partial charge in [0.1, 0.15) is 25.0 Å². The lowest BCUT2D eigenvalue weighted by molar-refractivity contribution is -0.179. The molecule has 21 heavy (non-hydrogen) atoms. The van der Waals surface area contributed by atoms with Crippen LogP contribution in [0.1, 0.15) is 19.8 Å². The predicted molar refractivity (Wildman–Crippen MR) is 69.9 cm³/mol. The third-order valence-electron chi connectivity index (χ3n) is 3.70. The molecular formula is C14H17NO6. The fourth-order valence-electron chi connectivity index (χ4n) is 2.69. The van der Waals surface area contributed by atoms with Gasteiger partial charge in [-0.1, -0.05) is 6.58 Å². The van der Waals surface area contributed by atoms with Gasteiger partial charge in [0.05, 0.1) is 12.3 Å². The maximum atomic E-state index is 11.7. The van der Waals surface area contributed by atoms with Crippen LogP contribution in [-0.4, -0.2) is 42.9 Å². The van der Waals surface area contributed by atoms with Gasteiger partial charge in [0.2, 0.25) is 5.91 Å². The van der Waals surface area contributed by atoms with Crippen LogP contribution in [0.2, 0.25) is 0 Å². The first-order valence-corrected chi connectivity index (χ1v) is 6.70. The van der Waals surface area contributed by atoms with Crippen molar-refractivity contribution in [3.63, 3.8) is 0 Å². The van der Waals surface area contributed by atoms with Crippen LogP contribution >= 0.6 is 0 Å². The van der Waals surface area contributed by atoms with Gasteiger partial charge in [-0.25, -0.2) is 0 Å². The van der Waals surface area contributed by atoms with Crippen LogP contribution in [-0.2, 0) is 28.7 Å². The Morgan fingerprint density at radius 1 is 1.52 bits per heavy atom. The molecule has 1 aliphatic carbocycles. The first-order valence-electron chi connectivity index (χ1n) is 6.70. The molecule has 1 saturated heterocycles. The van der Waals surface area contributed by atoms with E-state index in [2.05, 4.69) is 11.9 Å². The number of amides is 1. The van der Waals surface area contributed by atoms with E-state index in [4.69, 9.17) is 9.47 Å². The van der Waals surface area contributed by atoms with Crippen LogP contribution in [0.4, 0.5) is 0 Å². The van der Waals surface area contributed by atoms with Crippen molar-refractivity contribution in [2.45, 2.75) is 32.0 Å². The Morgan fingerprint density at radius 3 is 2.86 bits per heavy atom. The van der Waals surface area contributed by atoms with Gasteiger partial charge >= 0.3 is 11.9 Å². The van der Waals surface area contributed by atoms with Crippen LogP contribution < -0.4 is 5.32 Å². The van der Waals surface area contributed by atoms with Crippen LogP contribution in [0.15, 0.2) is 12.2 Å². The summed E-state index contributed by atoms with van der Waals surface area (Å²) in [6.07, 6.45) is 0.00139. The molecule has 0 aromatic rings. The molecular weight excluding hydrogens is 278 g/mol. The van der Waals surface area contributed by atoms with Crippen molar-refractivity contribution in [3.05, 3.63) is 12.2 Å². The van der Waals surface area contributed by atoms with E-state index in [-0.39, 0.29) is 30.4 Å². The minimum atomic E-state index is -0.713. The summed E-state index contributed by atoms with van der Waals surface area (Å²) in [6, 6.07) is 0. The highest BCUT2D eigenvalue weighted by Crippen LogP contribution is 2.40. The molecule has 1 N–H and O–H groups in total. The molecule has 7 heteroatoms. The SMILES string of the molecule is C=C(C)C(=O)NCC(=O)OC1C2CC(=O)OC1C(C=O)C2. The van der Waals surface area contributed by atoms with E-state index in [1.165, 1.54) is 6.92 Å². The van der Waals surface area contributed by atoms with Crippen LogP contribution in [0.25, 0.3) is 0 Å². The maximum absolute atomic E-state index is 11.7. The Balaban J connectivity index is 1.92. The van der Waals surface area contributed by atoms with E-state index in [9.17, 15) is 19.2 Å². The van der Waals surface area contributed by atoms with Crippen molar-refractivity contribution < 1.29 is 28.7 Å². The third-order valence-corrected chi connectivity index (χ3v) is 3.70. The number of carbonyl (C=O) groups is 4. The highest BCUT2D eigenvalue weighted by Gasteiger charge is 2.52. The number of carbonyl (C=O) groups excluding carboxylic acids is 4. The number of aldehydes is 1. The molecule has 2 rings (SSSR count). The molecule has 0 aromatic carbocycles. The zero-order valence-corrected chi connectivity index (χ0v) is 11.7. The molecule has 1 saturated carbocycles. The largest absolute Gasteiger partial charge is 0.458 e. The Labute approximate surface area is 121 Å². The molecule has 0 aromatic heterocycles. The molecule has 1 amide bonds. The zero-order chi connectivity index (χ0) is 15.6. The lowest BCUT2D eigenvalue weighted by Gasteiger charge is -2.29. The number of fused-ring (bicyclic) bond motifs is 2. The van der Waals surface area contributed by atoms with Gasteiger partial charge in [-0.05, 0) is 13.3 Å². The topological polar surface area (TPSA) is 98.8 Å². The highest BCUT2D eigenvalue weighted by atomic mass is 16.6. The maximum Gasteiger partial charge on any atom is 0.325 e. The molecule has 1 aliphatic heterocycles. The molecule has 2 fully saturated rings. The Morgan fingerprint density at radius 2 is 2.24 bits per heavy atom. The Hall–Kier alpha value is -2.18. The fourth-order valence-corrected chi connectivity index (χ4v) is 2.69. The minimum Gasteiger partial charge on any atom is -0.458 e. The van der Waals surface area contributed by atoms with Crippen molar-refractivity contribution in [3.8, 4) is 0 Å². The standard InChI is InChI=1S/C14H17NO6/c1-7(2)14(19)15-5-11(18)21-12-8-3-9(6-16)13(12)20-10(17)4-8/h6,8-9,12-13H,1,3-5H2,2H3,(H,15,19). The fraction of sp³-hybridized carbons (Fsp3) is 0.571. The number of rotatable bonds is 5. The van der Waals surface area contributed by atoms with Gasteiger partial charge < -0.3 is 19.6 Å². The van der Waals surface area contributed by atoms with Crippen molar-refractivity contribution in [2.24, 2.45) is 11.8 Å². The summed E-state index contributed by atoms with van der Waals surface area (Å²) in [6.45, 7) is 4.69. The number of ether oxygens (including phenoxy) is 2.